The Labute approximate surface area is 505 Å². The molecule has 0 unspecified atom stereocenters. The van der Waals surface area contributed by atoms with Crippen LogP contribution in [0.4, 0.5) is 0 Å². The number of hydrogen-bond donors (Lipinski definition) is 2. The first-order valence-electron chi connectivity index (χ1n) is 22.1. The van der Waals surface area contributed by atoms with Gasteiger partial charge in [0.05, 0.1) is 11.5 Å². The van der Waals surface area contributed by atoms with Gasteiger partial charge < -0.3 is 86.1 Å². The molecule has 419 valence electrons. The normalized spacial score (nSPS) is 35.2. The Morgan fingerprint density at radius 1 is 0.319 bits per heavy atom. The van der Waals surface area contributed by atoms with E-state index in [4.69, 9.17) is 29.4 Å². The molecule has 2 N–H and O–H groups in total. The van der Waals surface area contributed by atoms with Crippen LogP contribution in [0.15, 0.2) is 12.2 Å². The van der Waals surface area contributed by atoms with E-state index in [-0.39, 0.29) is 152 Å². The van der Waals surface area contributed by atoms with Gasteiger partial charge >= 0.3 is 63.2 Å². The number of rotatable bonds is 0. The van der Waals surface area contributed by atoms with Crippen molar-refractivity contribution < 1.29 is 122 Å². The molecule has 1 radical (unpaired) electrons. The second-order valence-corrected chi connectivity index (χ2v) is 20.9. The summed E-state index contributed by atoms with van der Waals surface area (Å²) in [5, 5.41) is 14.0. The van der Waals surface area contributed by atoms with Gasteiger partial charge in [0.2, 0.25) is 0 Å². The molecule has 15 heteroatoms. The summed E-state index contributed by atoms with van der Waals surface area (Å²) in [7, 11) is -0.657. The fourth-order valence-corrected chi connectivity index (χ4v) is 11.1. The van der Waals surface area contributed by atoms with Crippen LogP contribution in [0, 0.1) is 148 Å². The Kier molecular flexibility index (Phi) is 107. The molecular weight excluding hydrogens is 1260 g/mol. The van der Waals surface area contributed by atoms with Crippen LogP contribution in [0.5, 0.6) is 0 Å². The van der Waals surface area contributed by atoms with Crippen molar-refractivity contribution in [3.05, 3.63) is 41.9 Å². The van der Waals surface area contributed by atoms with Crippen molar-refractivity contribution >= 4 is 64.0 Å². The first-order chi connectivity index (χ1) is 27.4. The average molecular weight is 1370 g/mol. The van der Waals surface area contributed by atoms with E-state index in [2.05, 4.69) is 166 Å². The number of aliphatic hydroxyl groups is 2. The van der Waals surface area contributed by atoms with E-state index in [1.165, 1.54) is 0 Å². The maximum atomic E-state index is 10.4. The van der Waals surface area contributed by atoms with Crippen LogP contribution >= 0.6 is 0 Å². The molecular formula is C54H112Mo4O8S3-. The van der Waals surface area contributed by atoms with Crippen molar-refractivity contribution in [2.75, 3.05) is 25.7 Å². The molecule has 0 saturated heterocycles. The monoisotopic (exact) mass is 1380 g/mol. The Morgan fingerprint density at radius 3 is 0.406 bits per heavy atom. The number of hydrogen-bond acceptors (Lipinski definition) is 10. The van der Waals surface area contributed by atoms with Crippen LogP contribution in [-0.4, -0.2) is 71.5 Å². The van der Waals surface area contributed by atoms with E-state index >= 15 is 0 Å². The summed E-state index contributed by atoms with van der Waals surface area (Å²) in [6, 6.07) is 0. The van der Waals surface area contributed by atoms with Gasteiger partial charge in [0.1, 0.15) is 0 Å². The number of sulfone groups is 1. The summed E-state index contributed by atoms with van der Waals surface area (Å²) >= 11 is 0. The van der Waals surface area contributed by atoms with Crippen LogP contribution in [0.3, 0.4) is 0 Å². The molecule has 0 bridgehead atoms. The van der Waals surface area contributed by atoms with E-state index in [0.29, 0.717) is 0 Å². The third kappa shape index (κ3) is 38.9. The second kappa shape index (κ2) is 64.0. The van der Waals surface area contributed by atoms with Crippen molar-refractivity contribution in [2.45, 2.75) is 138 Å². The smallest absolute Gasteiger partial charge is 0.813 e. The Morgan fingerprint density at radius 2 is 0.377 bits per heavy atom. The molecule has 5 rings (SSSR count). The average Bonchev–Trinajstić information content (AvgIpc) is 3.91. The third-order valence-corrected chi connectivity index (χ3v) is 18.9. The number of carbonyl (C=O) groups excluding carboxylic acids is 4. The van der Waals surface area contributed by atoms with Crippen molar-refractivity contribution in [2.24, 2.45) is 118 Å². The molecule has 0 aromatic rings. The summed E-state index contributed by atoms with van der Waals surface area (Å²) < 4.78 is 20.7. The predicted molar refractivity (Wildman–Crippen MR) is 298 cm³/mol. The molecule has 0 spiro atoms. The Bertz CT molecular complexity index is 828. The first-order valence-corrected chi connectivity index (χ1v) is 23.9. The molecule has 1 heterocycles. The van der Waals surface area contributed by atoms with E-state index in [0.717, 1.165) is 133 Å². The molecule has 0 amide bonds. The standard InChI is InChI=1S/4C10H20.C4H6O2S.2CH4O.4CHO.4CH3.4Mo.2H2S/c4*1-6-7(2)9(4)10(5)8(6)3;5-7(6)3-1-2-4-7;6*1-2;;;;;;;;;;/h4*6-10H,1-5H3;1-2H,3-4H2;2*2H,1H3;4*1H;4*1H3;;;;;2*1H2/q;;;;;;;8*-1;;+2;+3;+4;;/p-2. The van der Waals surface area contributed by atoms with E-state index in [1.807, 2.05) is 0 Å². The minimum absolute atomic E-state index is 0. The minimum atomic E-state index is -2.66. The molecule has 0 atom stereocenters. The van der Waals surface area contributed by atoms with Crippen molar-refractivity contribution in [3.8, 4) is 0 Å². The quantitative estimate of drug-likeness (QED) is 0.0601. The van der Waals surface area contributed by atoms with Gasteiger partial charge in [-0.15, -0.1) is 0 Å². The van der Waals surface area contributed by atoms with Crippen LogP contribution in [-0.2, 0) is 140 Å². The zero-order valence-corrected chi connectivity index (χ0v) is 59.3. The number of aliphatic hydroxyl groups excluding tert-OH is 2. The molecule has 5 aliphatic rings. The zero-order chi connectivity index (χ0) is 48.9. The predicted octanol–water partition coefficient (Wildman–Crippen LogP) is 12.1. The van der Waals surface area contributed by atoms with Crippen molar-refractivity contribution in [1.82, 2.24) is 0 Å². The van der Waals surface area contributed by atoms with E-state index in [1.54, 1.807) is 12.2 Å². The Hall–Kier alpha value is 1.74. The maximum Gasteiger partial charge on any atom is 4.00 e. The molecule has 4 fully saturated rings. The fraction of sp³-hybridized carbons (Fsp3) is 0.815. The van der Waals surface area contributed by atoms with Gasteiger partial charge in [-0.3, -0.25) is 27.2 Å². The first kappa shape index (κ1) is 115. The minimum Gasteiger partial charge on any atom is -0.813 e. The topological polar surface area (TPSA) is 143 Å². The third-order valence-electron chi connectivity index (χ3n) is 17.5. The summed E-state index contributed by atoms with van der Waals surface area (Å²) in [5.74, 6) is 19.2. The van der Waals surface area contributed by atoms with E-state index < -0.39 is 9.84 Å². The molecule has 0 aromatic carbocycles. The summed E-state index contributed by atoms with van der Waals surface area (Å²) in [6.45, 7) is 61.0. The summed E-state index contributed by atoms with van der Waals surface area (Å²) in [5.41, 5.74) is 0. The van der Waals surface area contributed by atoms with Gasteiger partial charge in [0, 0.05) is 35.3 Å². The Balaban J connectivity index is -0.0000000333. The van der Waals surface area contributed by atoms with Gasteiger partial charge in [-0.2, -0.15) is 0 Å². The van der Waals surface area contributed by atoms with Crippen molar-refractivity contribution in [3.63, 3.8) is 0 Å². The summed E-state index contributed by atoms with van der Waals surface area (Å²) in [4.78, 5) is 31.0. The SMILES string of the molecule is CC1C(C)C(C)C(C)C1C.CC1C(C)C(C)C(C)C1C.CC1C(C)C(C)C(C)C1C.CC1C(C)C(C)C(C)C1C.CO.CO.O=S1(=O)CC=CC1.[CH-]=O.[CH-]=O.[CH-]=O.[CH-]=O.[CH3-].[CH3-].[CH3-].[CH3-].[Mo+2].[Mo+3].[Mo+4].[Mo].[SH-].[SH-]. The maximum absolute atomic E-state index is 10.4. The molecule has 1 aliphatic heterocycles. The zero-order valence-electron chi connectivity index (χ0n) is 48.7. The van der Waals surface area contributed by atoms with E-state index in [9.17, 15) is 8.42 Å². The van der Waals surface area contributed by atoms with Gasteiger partial charge in [-0.25, -0.2) is 8.42 Å². The van der Waals surface area contributed by atoms with Crippen LogP contribution in [0.25, 0.3) is 0 Å². The number of thiol groups is 2. The van der Waals surface area contributed by atoms with Crippen LogP contribution in [0.1, 0.15) is 138 Å². The van der Waals surface area contributed by atoms with Gasteiger partial charge in [0.25, 0.3) is 0 Å². The molecule has 4 aliphatic carbocycles. The molecule has 69 heavy (non-hydrogen) atoms. The van der Waals surface area contributed by atoms with Gasteiger partial charge in [-0.05, 0) is 118 Å². The van der Waals surface area contributed by atoms with Crippen molar-refractivity contribution in [1.29, 1.82) is 0 Å². The largest absolute Gasteiger partial charge is 4.00 e. The van der Waals surface area contributed by atoms with Gasteiger partial charge in [0.15, 0.2) is 9.84 Å². The van der Waals surface area contributed by atoms with Crippen LogP contribution < -0.4 is 0 Å². The second-order valence-electron chi connectivity index (χ2n) is 18.7. The molecule has 0 aromatic heterocycles. The molecule has 8 nitrogen and oxygen atoms in total. The van der Waals surface area contributed by atoms with Gasteiger partial charge in [-0.1, -0.05) is 151 Å². The summed E-state index contributed by atoms with van der Waals surface area (Å²) in [6.07, 6.45) is 3.35. The molecule has 4 saturated carbocycles. The van der Waals surface area contributed by atoms with Crippen LogP contribution in [0.2, 0.25) is 0 Å². The fourth-order valence-electron chi connectivity index (χ4n) is 10.1.